The first-order valence-corrected chi connectivity index (χ1v) is 10.8. The summed E-state index contributed by atoms with van der Waals surface area (Å²) in [5.74, 6) is 0. The maximum absolute atomic E-state index is 9.23. The molecule has 0 bridgehead atoms. The zero-order valence-corrected chi connectivity index (χ0v) is 20.1. The molecular formula is C21H46N4O6. The number of hydrogen-bond donors (Lipinski definition) is 5. The van der Waals surface area contributed by atoms with E-state index in [4.69, 9.17) is 35.2 Å². The van der Waals surface area contributed by atoms with Gasteiger partial charge in [0, 0.05) is 18.3 Å². The van der Waals surface area contributed by atoms with Crippen LogP contribution in [0.25, 0.3) is 0 Å². The fourth-order valence-electron chi connectivity index (χ4n) is 2.10. The number of rotatable bonds is 21. The third kappa shape index (κ3) is 22.0. The molecule has 10 nitrogen and oxygen atoms in total. The summed E-state index contributed by atoms with van der Waals surface area (Å²) in [5, 5.41) is 15.1. The van der Waals surface area contributed by atoms with Crippen molar-refractivity contribution in [3.8, 4) is 0 Å². The molecule has 0 aliphatic rings. The zero-order valence-electron chi connectivity index (χ0n) is 20.1. The van der Waals surface area contributed by atoms with Gasteiger partial charge in [-0.1, -0.05) is 0 Å². The van der Waals surface area contributed by atoms with Crippen molar-refractivity contribution in [2.24, 2.45) is 11.5 Å². The summed E-state index contributed by atoms with van der Waals surface area (Å²) in [5.41, 5.74) is 11.9. The maximum atomic E-state index is 9.23. The molecule has 0 aliphatic heterocycles. The molecule has 7 N–H and O–H groups in total. The van der Waals surface area contributed by atoms with Gasteiger partial charge in [0.25, 0.3) is 0 Å². The van der Waals surface area contributed by atoms with Crippen molar-refractivity contribution >= 4 is 0 Å². The van der Waals surface area contributed by atoms with Crippen LogP contribution >= 0.6 is 0 Å². The molecule has 1 atom stereocenters. The third-order valence-corrected chi connectivity index (χ3v) is 3.99. The first-order chi connectivity index (χ1) is 14.6. The SMILES string of the molecule is CNC(O)COCCOCCOCCOC/C(N)=C/NCCC(C)(C)OCC(C)(C)N. The van der Waals surface area contributed by atoms with Crippen LogP contribution in [0.2, 0.25) is 0 Å². The number of nitrogens with one attached hydrogen (secondary N) is 2. The first kappa shape index (κ1) is 30.0. The van der Waals surface area contributed by atoms with Gasteiger partial charge in [0.05, 0.1) is 70.8 Å². The maximum Gasteiger partial charge on any atom is 0.128 e. The predicted octanol–water partition coefficient (Wildman–Crippen LogP) is -0.0971. The smallest absolute Gasteiger partial charge is 0.128 e. The van der Waals surface area contributed by atoms with Crippen LogP contribution in [0, 0.1) is 0 Å². The van der Waals surface area contributed by atoms with Crippen LogP contribution in [-0.2, 0) is 23.7 Å². The average molecular weight is 451 g/mol. The summed E-state index contributed by atoms with van der Waals surface area (Å²) < 4.78 is 27.3. The monoisotopic (exact) mass is 450 g/mol. The molecule has 186 valence electrons. The number of likely N-dealkylation sites (N-methyl/N-ethyl adjacent to an activating group) is 1. The lowest BCUT2D eigenvalue weighted by atomic mass is 10.0. The molecule has 0 rings (SSSR count). The summed E-state index contributed by atoms with van der Waals surface area (Å²) in [4.78, 5) is 0. The number of hydrogen-bond acceptors (Lipinski definition) is 10. The normalized spacial score (nSPS) is 14.1. The molecule has 0 aromatic rings. The second kappa shape index (κ2) is 17.6. The highest BCUT2D eigenvalue weighted by Gasteiger charge is 2.21. The lowest BCUT2D eigenvalue weighted by molar-refractivity contribution is -0.0405. The Hall–Kier alpha value is -0.980. The molecule has 0 aromatic heterocycles. The minimum Gasteiger partial charge on any atom is -0.399 e. The van der Waals surface area contributed by atoms with Gasteiger partial charge in [-0.3, -0.25) is 5.32 Å². The van der Waals surface area contributed by atoms with Gasteiger partial charge < -0.3 is 45.6 Å². The second-order valence-electron chi connectivity index (χ2n) is 8.62. The molecule has 0 spiro atoms. The lowest BCUT2D eigenvalue weighted by Gasteiger charge is -2.29. The van der Waals surface area contributed by atoms with E-state index in [-0.39, 0.29) is 17.7 Å². The van der Waals surface area contributed by atoms with Crippen LogP contribution in [0.15, 0.2) is 11.9 Å². The Morgan fingerprint density at radius 3 is 2.06 bits per heavy atom. The largest absolute Gasteiger partial charge is 0.399 e. The summed E-state index contributed by atoms with van der Waals surface area (Å²) >= 11 is 0. The van der Waals surface area contributed by atoms with Crippen molar-refractivity contribution in [3.05, 3.63) is 11.9 Å². The van der Waals surface area contributed by atoms with Crippen LogP contribution in [0.5, 0.6) is 0 Å². The van der Waals surface area contributed by atoms with Crippen LogP contribution in [0.1, 0.15) is 34.1 Å². The summed E-state index contributed by atoms with van der Waals surface area (Å²) in [7, 11) is 1.66. The number of nitrogens with two attached hydrogens (primary N) is 2. The third-order valence-electron chi connectivity index (χ3n) is 3.99. The minimum absolute atomic E-state index is 0.237. The van der Waals surface area contributed by atoms with Crippen molar-refractivity contribution in [2.75, 3.05) is 73.1 Å². The lowest BCUT2D eigenvalue weighted by Crippen LogP contribution is -2.42. The van der Waals surface area contributed by atoms with E-state index in [1.54, 1.807) is 13.2 Å². The molecular weight excluding hydrogens is 404 g/mol. The minimum atomic E-state index is -0.649. The van der Waals surface area contributed by atoms with E-state index in [0.29, 0.717) is 58.6 Å². The first-order valence-electron chi connectivity index (χ1n) is 10.8. The number of aliphatic hydroxyl groups excluding tert-OH is 1. The van der Waals surface area contributed by atoms with Gasteiger partial charge in [-0.05, 0) is 41.2 Å². The van der Waals surface area contributed by atoms with E-state index in [9.17, 15) is 5.11 Å². The Morgan fingerprint density at radius 1 is 0.968 bits per heavy atom. The quantitative estimate of drug-likeness (QED) is 0.119. The average Bonchev–Trinajstić information content (AvgIpc) is 2.70. The summed E-state index contributed by atoms with van der Waals surface area (Å²) in [6.45, 7) is 12.6. The van der Waals surface area contributed by atoms with Crippen LogP contribution < -0.4 is 22.1 Å². The highest BCUT2D eigenvalue weighted by atomic mass is 16.6. The van der Waals surface area contributed by atoms with Gasteiger partial charge in [-0.15, -0.1) is 0 Å². The highest BCUT2D eigenvalue weighted by Crippen LogP contribution is 2.15. The Balaban J connectivity index is 3.53. The van der Waals surface area contributed by atoms with Crippen LogP contribution in [0.4, 0.5) is 0 Å². The van der Waals surface area contributed by atoms with Gasteiger partial charge in [-0.25, -0.2) is 0 Å². The van der Waals surface area contributed by atoms with E-state index < -0.39 is 6.23 Å². The van der Waals surface area contributed by atoms with Gasteiger partial charge in [0.2, 0.25) is 0 Å². The van der Waals surface area contributed by atoms with E-state index >= 15 is 0 Å². The van der Waals surface area contributed by atoms with Crippen LogP contribution in [0.3, 0.4) is 0 Å². The van der Waals surface area contributed by atoms with Crippen molar-refractivity contribution in [2.45, 2.75) is 51.5 Å². The van der Waals surface area contributed by atoms with Crippen molar-refractivity contribution in [1.82, 2.24) is 10.6 Å². The Kier molecular flexibility index (Phi) is 17.0. The molecule has 1 unspecified atom stereocenters. The van der Waals surface area contributed by atoms with Gasteiger partial charge in [0.1, 0.15) is 6.23 Å². The summed E-state index contributed by atoms with van der Waals surface area (Å²) in [6.07, 6.45) is 1.94. The number of aliphatic hydroxyl groups is 1. The molecule has 0 aromatic carbocycles. The fourth-order valence-corrected chi connectivity index (χ4v) is 2.10. The fraction of sp³-hybridized carbons (Fsp3) is 0.905. The molecule has 0 heterocycles. The van der Waals surface area contributed by atoms with Crippen molar-refractivity contribution in [3.63, 3.8) is 0 Å². The van der Waals surface area contributed by atoms with Gasteiger partial charge >= 0.3 is 0 Å². The van der Waals surface area contributed by atoms with Gasteiger partial charge in [0.15, 0.2) is 0 Å². The van der Waals surface area contributed by atoms with Crippen molar-refractivity contribution < 1.29 is 28.8 Å². The standard InChI is InChI=1S/C21H46N4O6/c1-20(2,23)17-31-21(3,4)6-7-25-14-18(22)15-29-12-10-27-8-9-28-11-13-30-16-19(26)24-5/h14,19,24-26H,6-13,15-17,22-23H2,1-5H3/b18-14-. The van der Waals surface area contributed by atoms with E-state index in [0.717, 1.165) is 13.0 Å². The summed E-state index contributed by atoms with van der Waals surface area (Å²) in [6, 6.07) is 0. The molecule has 10 heteroatoms. The van der Waals surface area contributed by atoms with E-state index in [1.807, 2.05) is 27.7 Å². The van der Waals surface area contributed by atoms with Crippen LogP contribution in [-0.4, -0.2) is 95.5 Å². The second-order valence-corrected chi connectivity index (χ2v) is 8.62. The number of ether oxygens (including phenoxy) is 5. The highest BCUT2D eigenvalue weighted by molar-refractivity contribution is 4.95. The van der Waals surface area contributed by atoms with Gasteiger partial charge in [-0.2, -0.15) is 0 Å². The van der Waals surface area contributed by atoms with Crippen molar-refractivity contribution in [1.29, 1.82) is 0 Å². The molecule has 0 saturated carbocycles. The Morgan fingerprint density at radius 2 is 1.52 bits per heavy atom. The van der Waals surface area contributed by atoms with E-state index in [1.165, 1.54) is 0 Å². The van der Waals surface area contributed by atoms with E-state index in [2.05, 4.69) is 10.6 Å². The molecule has 0 aliphatic carbocycles. The molecule has 0 saturated heterocycles. The Labute approximate surface area is 187 Å². The predicted molar refractivity (Wildman–Crippen MR) is 122 cm³/mol. The molecule has 0 amide bonds. The molecule has 0 radical (unpaired) electrons. The zero-order chi connectivity index (χ0) is 23.6. The Bertz CT molecular complexity index is 458. The topological polar surface area (TPSA) is 142 Å². The molecule has 0 fully saturated rings. The molecule has 31 heavy (non-hydrogen) atoms.